The normalized spacial score (nSPS) is 26.6. The lowest BCUT2D eigenvalue weighted by Crippen LogP contribution is -2.70. The summed E-state index contributed by atoms with van der Waals surface area (Å²) in [7, 11) is 0. The Kier molecular flexibility index (Phi) is 3.67. The number of aliphatic carboxylic acids is 1. The number of carbonyl (C=O) groups excluding carboxylic acids is 2. The Labute approximate surface area is 116 Å². The van der Waals surface area contributed by atoms with Gasteiger partial charge in [-0.3, -0.25) is 14.5 Å². The summed E-state index contributed by atoms with van der Waals surface area (Å²) < 4.78 is 0. The van der Waals surface area contributed by atoms with Crippen molar-refractivity contribution in [3.63, 3.8) is 0 Å². The van der Waals surface area contributed by atoms with Gasteiger partial charge in [0.05, 0.1) is 5.33 Å². The van der Waals surface area contributed by atoms with Gasteiger partial charge in [0.2, 0.25) is 5.91 Å². The second-order valence-corrected chi connectivity index (χ2v) is 5.69. The molecule has 2 atom stereocenters. The van der Waals surface area contributed by atoms with Crippen molar-refractivity contribution in [3.8, 4) is 0 Å². The van der Waals surface area contributed by atoms with Crippen molar-refractivity contribution in [1.29, 1.82) is 0 Å². The van der Waals surface area contributed by atoms with Crippen LogP contribution in [-0.2, 0) is 14.4 Å². The van der Waals surface area contributed by atoms with Gasteiger partial charge in [0.25, 0.3) is 5.91 Å². The summed E-state index contributed by atoms with van der Waals surface area (Å²) in [6.07, 6.45) is 0. The molecule has 0 spiro atoms. The zero-order chi connectivity index (χ0) is 13.4. The topological polar surface area (TPSA) is 86.7 Å². The van der Waals surface area contributed by atoms with E-state index in [1.807, 2.05) is 0 Å². The number of amides is 2. The molecule has 98 valence electrons. The fourth-order valence-electron chi connectivity index (χ4n) is 1.99. The summed E-state index contributed by atoms with van der Waals surface area (Å²) >= 11 is 4.46. The first-order valence-corrected chi connectivity index (χ1v) is 7.37. The van der Waals surface area contributed by atoms with Crippen LogP contribution in [0.3, 0.4) is 0 Å². The first-order chi connectivity index (χ1) is 8.47. The third-order valence-corrected chi connectivity index (χ3v) is 4.73. The van der Waals surface area contributed by atoms with E-state index < -0.39 is 12.0 Å². The van der Waals surface area contributed by atoms with Gasteiger partial charge in [-0.25, -0.2) is 4.79 Å². The van der Waals surface area contributed by atoms with Crippen LogP contribution in [0.5, 0.6) is 0 Å². The summed E-state index contributed by atoms with van der Waals surface area (Å²) in [5, 5.41) is 11.5. The van der Waals surface area contributed by atoms with Gasteiger partial charge in [-0.15, -0.1) is 11.8 Å². The molecule has 0 aliphatic carbocycles. The van der Waals surface area contributed by atoms with Crippen LogP contribution in [0, 0.1) is 0 Å². The number of halogens is 1. The smallest absolute Gasteiger partial charge is 0.352 e. The number of nitrogens with one attached hydrogen (secondary N) is 1. The van der Waals surface area contributed by atoms with Gasteiger partial charge in [-0.05, 0) is 12.5 Å². The maximum absolute atomic E-state index is 11.9. The number of alkyl halides is 1. The molecule has 0 saturated carbocycles. The molecule has 2 N–H and O–H groups in total. The van der Waals surface area contributed by atoms with Gasteiger partial charge in [0, 0.05) is 5.75 Å². The number of carbonyl (C=O) groups is 3. The van der Waals surface area contributed by atoms with Crippen molar-refractivity contribution in [2.45, 2.75) is 18.3 Å². The molecule has 6 nitrogen and oxygen atoms in total. The molecular weight excluding hydrogens is 324 g/mol. The molecule has 0 bridgehead atoms. The highest BCUT2D eigenvalue weighted by Gasteiger charge is 2.53. The summed E-state index contributed by atoms with van der Waals surface area (Å²) in [5.41, 5.74) is 0.718. The van der Waals surface area contributed by atoms with Crippen molar-refractivity contribution >= 4 is 45.5 Å². The Hall–Kier alpha value is -1.02. The third-order valence-electron chi connectivity index (χ3n) is 2.80. The number of nitrogens with zero attached hydrogens (tertiary/aromatic N) is 1. The Morgan fingerprint density at radius 2 is 2.28 bits per heavy atom. The first kappa shape index (κ1) is 13.4. The van der Waals surface area contributed by atoms with Crippen LogP contribution in [0.1, 0.15) is 6.92 Å². The van der Waals surface area contributed by atoms with Crippen molar-refractivity contribution in [1.82, 2.24) is 10.2 Å². The standard InChI is InChI=1S/C10H11BrN2O4S/c1-4-3-18-9-6(12-5(14)2-11)8(15)13(9)7(4)10(16)17/h6,9H,2-3H2,1H3,(H,12,14)(H,16,17)/t6-,9+/m1/s1. The second-order valence-electron chi connectivity index (χ2n) is 4.02. The van der Waals surface area contributed by atoms with Crippen LogP contribution in [0.4, 0.5) is 0 Å². The van der Waals surface area contributed by atoms with E-state index in [-0.39, 0.29) is 28.2 Å². The Morgan fingerprint density at radius 1 is 1.61 bits per heavy atom. The number of hydrogen-bond donors (Lipinski definition) is 2. The number of carboxylic acid groups (broad SMARTS) is 1. The van der Waals surface area contributed by atoms with E-state index in [0.717, 1.165) is 0 Å². The van der Waals surface area contributed by atoms with Crippen LogP contribution < -0.4 is 5.32 Å². The largest absolute Gasteiger partial charge is 0.477 e. The fraction of sp³-hybridized carbons (Fsp3) is 0.500. The van der Waals surface area contributed by atoms with E-state index in [1.54, 1.807) is 6.92 Å². The highest BCUT2D eigenvalue weighted by atomic mass is 79.9. The average molecular weight is 335 g/mol. The summed E-state index contributed by atoms with van der Waals surface area (Å²) in [6, 6.07) is -0.623. The molecule has 0 aromatic carbocycles. The highest BCUT2D eigenvalue weighted by molar-refractivity contribution is 9.09. The molecule has 2 amide bonds. The Bertz CT molecular complexity index is 465. The predicted molar refractivity (Wildman–Crippen MR) is 69.2 cm³/mol. The minimum absolute atomic E-state index is 0.0492. The molecule has 1 saturated heterocycles. The van der Waals surface area contributed by atoms with Gasteiger partial charge in [-0.2, -0.15) is 0 Å². The van der Waals surface area contributed by atoms with Crippen molar-refractivity contribution in [3.05, 3.63) is 11.3 Å². The number of hydrogen-bond acceptors (Lipinski definition) is 4. The number of thioether (sulfide) groups is 1. The van der Waals surface area contributed by atoms with Crippen molar-refractivity contribution < 1.29 is 19.5 Å². The van der Waals surface area contributed by atoms with Gasteiger partial charge < -0.3 is 10.4 Å². The first-order valence-electron chi connectivity index (χ1n) is 5.20. The average Bonchev–Trinajstić information content (AvgIpc) is 2.34. The number of rotatable bonds is 3. The fourth-order valence-corrected chi connectivity index (χ4v) is 3.44. The molecule has 0 aromatic heterocycles. The maximum Gasteiger partial charge on any atom is 0.352 e. The predicted octanol–water partition coefficient (Wildman–Crippen LogP) is 0.140. The molecule has 2 aliphatic rings. The molecular formula is C10H11BrN2O4S. The number of β-lactam (4-membered cyclic amide) rings is 1. The molecule has 8 heteroatoms. The van der Waals surface area contributed by atoms with Crippen LogP contribution in [0.25, 0.3) is 0 Å². The molecule has 2 heterocycles. The summed E-state index contributed by atoms with van der Waals surface area (Å²) in [6.45, 7) is 1.70. The molecule has 2 rings (SSSR count). The van der Waals surface area contributed by atoms with E-state index in [9.17, 15) is 14.4 Å². The monoisotopic (exact) mass is 334 g/mol. The SMILES string of the molecule is CC1=C(C(=O)O)N2C(=O)[C@@H](NC(=O)CBr)[C@@H]2SC1. The molecule has 0 radical (unpaired) electrons. The molecule has 2 aliphatic heterocycles. The second kappa shape index (κ2) is 4.93. The minimum Gasteiger partial charge on any atom is -0.477 e. The van der Waals surface area contributed by atoms with E-state index in [2.05, 4.69) is 21.2 Å². The zero-order valence-corrected chi connectivity index (χ0v) is 11.9. The lowest BCUT2D eigenvalue weighted by molar-refractivity contribution is -0.150. The van der Waals surface area contributed by atoms with Crippen molar-refractivity contribution in [2.75, 3.05) is 11.1 Å². The van der Waals surface area contributed by atoms with E-state index in [1.165, 1.54) is 16.7 Å². The molecule has 18 heavy (non-hydrogen) atoms. The van der Waals surface area contributed by atoms with E-state index in [4.69, 9.17) is 5.11 Å². The van der Waals surface area contributed by atoms with E-state index in [0.29, 0.717) is 11.3 Å². The Morgan fingerprint density at radius 3 is 2.83 bits per heavy atom. The quantitative estimate of drug-likeness (QED) is 0.566. The number of carboxylic acids is 1. The van der Waals surface area contributed by atoms with Crippen molar-refractivity contribution in [2.24, 2.45) is 0 Å². The summed E-state index contributed by atoms with van der Waals surface area (Å²) in [5.74, 6) is -1.19. The van der Waals surface area contributed by atoms with Gasteiger partial charge in [-0.1, -0.05) is 15.9 Å². The van der Waals surface area contributed by atoms with Gasteiger partial charge in [0.15, 0.2) is 0 Å². The van der Waals surface area contributed by atoms with Gasteiger partial charge >= 0.3 is 5.97 Å². The minimum atomic E-state index is -1.10. The molecule has 0 unspecified atom stereocenters. The number of fused-ring (bicyclic) bond motifs is 1. The molecule has 0 aromatic rings. The summed E-state index contributed by atoms with van der Waals surface area (Å²) in [4.78, 5) is 35.5. The van der Waals surface area contributed by atoms with Gasteiger partial charge in [0.1, 0.15) is 17.1 Å². The Balaban J connectivity index is 2.18. The lowest BCUT2D eigenvalue weighted by atomic mass is 10.0. The third kappa shape index (κ3) is 2.03. The zero-order valence-electron chi connectivity index (χ0n) is 9.47. The van der Waals surface area contributed by atoms with Crippen LogP contribution in [0.2, 0.25) is 0 Å². The maximum atomic E-state index is 11.9. The van der Waals surface area contributed by atoms with Crippen LogP contribution in [0.15, 0.2) is 11.3 Å². The van der Waals surface area contributed by atoms with E-state index >= 15 is 0 Å². The van der Waals surface area contributed by atoms with Crippen LogP contribution in [-0.4, -0.2) is 50.3 Å². The van der Waals surface area contributed by atoms with Crippen LogP contribution >= 0.6 is 27.7 Å². The lowest BCUT2D eigenvalue weighted by Gasteiger charge is -2.49. The highest BCUT2D eigenvalue weighted by Crippen LogP contribution is 2.39. The molecule has 1 fully saturated rings.